The lowest BCUT2D eigenvalue weighted by Gasteiger charge is -2.40. The van der Waals surface area contributed by atoms with Gasteiger partial charge in [-0.3, -0.25) is 19.2 Å². The lowest BCUT2D eigenvalue weighted by atomic mass is 9.82. The van der Waals surface area contributed by atoms with Gasteiger partial charge in [0.25, 0.3) is 0 Å². The second kappa shape index (κ2) is 13.0. The molecule has 2 fully saturated rings. The Morgan fingerprint density at radius 1 is 1.00 bits per heavy atom. The van der Waals surface area contributed by atoms with E-state index in [0.717, 1.165) is 37.7 Å². The van der Waals surface area contributed by atoms with Crippen LogP contribution in [0.15, 0.2) is 36.5 Å². The van der Waals surface area contributed by atoms with Crippen LogP contribution in [0.2, 0.25) is 0 Å². The van der Waals surface area contributed by atoms with E-state index in [1.54, 1.807) is 9.58 Å². The number of aromatic nitrogens is 2. The van der Waals surface area contributed by atoms with Gasteiger partial charge >= 0.3 is 6.09 Å². The number of hydrogen-bond acceptors (Lipinski definition) is 5. The molecule has 8 heteroatoms. The molecule has 0 N–H and O–H groups in total. The molecule has 1 aromatic heterocycles. The van der Waals surface area contributed by atoms with Crippen molar-refractivity contribution in [2.75, 3.05) is 18.0 Å². The lowest BCUT2D eigenvalue weighted by molar-refractivity contribution is -0.124. The Morgan fingerprint density at radius 3 is 2.25 bits per heavy atom. The first kappa shape index (κ1) is 29.8. The summed E-state index contributed by atoms with van der Waals surface area (Å²) in [5, 5.41) is 4.91. The van der Waals surface area contributed by atoms with Gasteiger partial charge in [0.1, 0.15) is 5.60 Å². The van der Waals surface area contributed by atoms with Gasteiger partial charge in [-0.15, -0.1) is 0 Å². The summed E-state index contributed by atoms with van der Waals surface area (Å²) in [5.41, 5.74) is 1.04. The predicted octanol–water partition coefficient (Wildman–Crippen LogP) is 6.47. The Morgan fingerprint density at radius 2 is 1.65 bits per heavy atom. The number of ketones is 1. The molecule has 218 valence electrons. The first-order chi connectivity index (χ1) is 19.1. The minimum atomic E-state index is -0.561. The second-order valence-electron chi connectivity index (χ2n) is 12.6. The van der Waals surface area contributed by atoms with Gasteiger partial charge in [0.2, 0.25) is 5.91 Å². The van der Waals surface area contributed by atoms with Gasteiger partial charge in [0.05, 0.1) is 12.1 Å². The molecule has 1 aliphatic heterocycles. The maximum absolute atomic E-state index is 14.3. The van der Waals surface area contributed by atoms with Gasteiger partial charge < -0.3 is 9.64 Å². The van der Waals surface area contributed by atoms with Gasteiger partial charge in [-0.05, 0) is 77.2 Å². The maximum atomic E-state index is 14.3. The largest absolute Gasteiger partial charge is 0.444 e. The molecule has 0 unspecified atom stereocenters. The van der Waals surface area contributed by atoms with Crippen molar-refractivity contribution in [3.63, 3.8) is 0 Å². The smallest absolute Gasteiger partial charge is 0.410 e. The lowest BCUT2D eigenvalue weighted by Crippen LogP contribution is -2.52. The third-order valence-electron chi connectivity index (χ3n) is 8.02. The van der Waals surface area contributed by atoms with E-state index in [9.17, 15) is 14.4 Å². The molecule has 1 saturated carbocycles. The normalized spacial score (nSPS) is 20.3. The molecule has 2 amide bonds. The van der Waals surface area contributed by atoms with E-state index in [1.165, 1.54) is 0 Å². The number of carbonyl (C=O) groups excluding carboxylic acids is 3. The molecule has 0 spiro atoms. The van der Waals surface area contributed by atoms with E-state index >= 15 is 0 Å². The van der Waals surface area contributed by atoms with Crippen molar-refractivity contribution in [2.24, 2.45) is 11.8 Å². The fourth-order valence-electron chi connectivity index (χ4n) is 5.79. The molecule has 1 aliphatic carbocycles. The topological polar surface area (TPSA) is 84.7 Å². The summed E-state index contributed by atoms with van der Waals surface area (Å²) in [6.45, 7) is 11.3. The average molecular weight is 551 g/mol. The molecule has 4 rings (SSSR count). The summed E-state index contributed by atoms with van der Waals surface area (Å²) in [6, 6.07) is 9.88. The van der Waals surface area contributed by atoms with E-state index in [0.29, 0.717) is 56.2 Å². The molecule has 1 saturated heterocycles. The van der Waals surface area contributed by atoms with E-state index in [2.05, 4.69) is 6.92 Å². The van der Waals surface area contributed by atoms with Crippen molar-refractivity contribution < 1.29 is 19.1 Å². The van der Waals surface area contributed by atoms with Crippen LogP contribution in [0.5, 0.6) is 0 Å². The summed E-state index contributed by atoms with van der Waals surface area (Å²) < 4.78 is 7.39. The minimum absolute atomic E-state index is 0.0121. The van der Waals surface area contributed by atoms with Crippen molar-refractivity contribution in [2.45, 2.75) is 104 Å². The number of rotatable bonds is 8. The summed E-state index contributed by atoms with van der Waals surface area (Å²) in [5.74, 6) is 1.11. The predicted molar refractivity (Wildman–Crippen MR) is 156 cm³/mol. The number of carbonyl (C=O) groups is 3. The van der Waals surface area contributed by atoms with Gasteiger partial charge in [-0.1, -0.05) is 44.2 Å². The van der Waals surface area contributed by atoms with Crippen LogP contribution in [0.3, 0.4) is 0 Å². The fourth-order valence-corrected chi connectivity index (χ4v) is 5.79. The van der Waals surface area contributed by atoms with Gasteiger partial charge in [-0.2, -0.15) is 5.10 Å². The van der Waals surface area contributed by atoms with Gasteiger partial charge in [0, 0.05) is 37.7 Å². The highest BCUT2D eigenvalue weighted by Crippen LogP contribution is 2.35. The second-order valence-corrected chi connectivity index (χ2v) is 12.6. The summed E-state index contributed by atoms with van der Waals surface area (Å²) in [7, 11) is 0. The zero-order valence-corrected chi connectivity index (χ0v) is 24.9. The monoisotopic (exact) mass is 550 g/mol. The van der Waals surface area contributed by atoms with Crippen LogP contribution in [-0.4, -0.2) is 57.2 Å². The Bertz CT molecular complexity index is 1150. The number of benzene rings is 1. The zero-order chi connectivity index (χ0) is 28.9. The molecule has 1 aromatic carbocycles. The van der Waals surface area contributed by atoms with E-state index in [1.807, 2.05) is 69.1 Å². The molecule has 40 heavy (non-hydrogen) atoms. The van der Waals surface area contributed by atoms with Crippen LogP contribution >= 0.6 is 0 Å². The molecular formula is C32H46N4O4. The molecular weight excluding hydrogens is 504 g/mol. The SMILES string of the molecule is CCCC(=O)c1cn(Cc2ccccc2)nc1N(C(=O)C1CCC(C)CC1)C1CCN(C(=O)OC(C)(C)C)CC1. The number of amides is 2. The molecule has 2 heterocycles. The number of anilines is 1. The van der Waals surface area contributed by atoms with Crippen LogP contribution in [0.4, 0.5) is 10.6 Å². The van der Waals surface area contributed by atoms with Crippen molar-refractivity contribution in [1.82, 2.24) is 14.7 Å². The first-order valence-corrected chi connectivity index (χ1v) is 15.0. The van der Waals surface area contributed by atoms with Crippen molar-refractivity contribution in [1.29, 1.82) is 0 Å². The number of Topliss-reactive ketones (excluding diaryl/α,β-unsaturated/α-hetero) is 1. The van der Waals surface area contributed by atoms with Gasteiger partial charge in [-0.25, -0.2) is 4.79 Å². The maximum Gasteiger partial charge on any atom is 0.410 e. The third kappa shape index (κ3) is 7.52. The number of piperidine rings is 1. The van der Waals surface area contributed by atoms with Crippen LogP contribution in [0.1, 0.15) is 102 Å². The van der Waals surface area contributed by atoms with Crippen LogP contribution in [0.25, 0.3) is 0 Å². The molecule has 0 atom stereocenters. The molecule has 2 aromatic rings. The molecule has 2 aliphatic rings. The summed E-state index contributed by atoms with van der Waals surface area (Å²) in [4.78, 5) is 43.9. The quantitative estimate of drug-likeness (QED) is 0.352. The van der Waals surface area contributed by atoms with Crippen LogP contribution < -0.4 is 4.90 Å². The molecule has 0 radical (unpaired) electrons. The molecule has 0 bridgehead atoms. The standard InChI is InChI=1S/C32H46N4O4/c1-6-10-28(37)27-22-35(21-24-11-8-7-9-12-24)33-29(27)36(30(38)25-15-13-23(2)14-16-25)26-17-19-34(20-18-26)31(39)40-32(3,4)5/h7-9,11-12,22-23,25-26H,6,10,13-21H2,1-5H3. The Labute approximate surface area is 239 Å². The Kier molecular flexibility index (Phi) is 9.69. The Hall–Kier alpha value is -3.16. The number of likely N-dealkylation sites (tertiary alicyclic amines) is 1. The minimum Gasteiger partial charge on any atom is -0.444 e. The highest BCUT2D eigenvalue weighted by Gasteiger charge is 2.39. The number of hydrogen-bond donors (Lipinski definition) is 0. The molecule has 8 nitrogen and oxygen atoms in total. The van der Waals surface area contributed by atoms with E-state index in [4.69, 9.17) is 9.84 Å². The van der Waals surface area contributed by atoms with E-state index in [-0.39, 0.29) is 29.7 Å². The van der Waals surface area contributed by atoms with Crippen LogP contribution in [0, 0.1) is 11.8 Å². The fraction of sp³-hybridized carbons (Fsp3) is 0.625. The van der Waals surface area contributed by atoms with Crippen LogP contribution in [-0.2, 0) is 16.1 Å². The number of nitrogens with zero attached hydrogens (tertiary/aromatic N) is 4. The summed E-state index contributed by atoms with van der Waals surface area (Å²) in [6.07, 6.45) is 7.63. The number of ether oxygens (including phenoxy) is 1. The van der Waals surface area contributed by atoms with Crippen molar-refractivity contribution >= 4 is 23.6 Å². The Balaban J connectivity index is 1.65. The highest BCUT2D eigenvalue weighted by atomic mass is 16.6. The van der Waals surface area contributed by atoms with Crippen molar-refractivity contribution in [3.8, 4) is 0 Å². The van der Waals surface area contributed by atoms with Crippen molar-refractivity contribution in [3.05, 3.63) is 47.7 Å². The van der Waals surface area contributed by atoms with E-state index < -0.39 is 5.60 Å². The zero-order valence-electron chi connectivity index (χ0n) is 24.9. The summed E-state index contributed by atoms with van der Waals surface area (Å²) >= 11 is 0. The average Bonchev–Trinajstić information content (AvgIpc) is 3.32. The first-order valence-electron chi connectivity index (χ1n) is 15.0. The highest BCUT2D eigenvalue weighted by molar-refractivity contribution is 6.05. The third-order valence-corrected chi connectivity index (χ3v) is 8.02. The van der Waals surface area contributed by atoms with Gasteiger partial charge in [0.15, 0.2) is 11.6 Å².